The van der Waals surface area contributed by atoms with Crippen molar-refractivity contribution in [1.29, 1.82) is 0 Å². The van der Waals surface area contributed by atoms with Crippen LogP contribution in [0, 0.1) is 0 Å². The smallest absolute Gasteiger partial charge is 0.326 e. The van der Waals surface area contributed by atoms with Gasteiger partial charge in [-0.25, -0.2) is 9.78 Å². The monoisotopic (exact) mass is 515 g/mol. The van der Waals surface area contributed by atoms with E-state index in [2.05, 4.69) is 25.9 Å². The van der Waals surface area contributed by atoms with Crippen molar-refractivity contribution in [2.75, 3.05) is 18.6 Å². The van der Waals surface area contributed by atoms with E-state index < -0.39 is 54.0 Å². The molecule has 5 atom stereocenters. The second kappa shape index (κ2) is 16.1. The van der Waals surface area contributed by atoms with E-state index in [1.165, 1.54) is 31.2 Å². The van der Waals surface area contributed by atoms with Crippen LogP contribution in [0.3, 0.4) is 0 Å². The summed E-state index contributed by atoms with van der Waals surface area (Å²) in [6.07, 6.45) is 5.21. The number of carbonyl (C=O) groups excluding carboxylic acids is 3. The molecule has 0 saturated heterocycles. The van der Waals surface area contributed by atoms with Gasteiger partial charge in [-0.1, -0.05) is 0 Å². The number of H-pyrrole nitrogens is 1. The number of amides is 3. The van der Waals surface area contributed by atoms with Gasteiger partial charge in [0.25, 0.3) is 0 Å². The first kappa shape index (κ1) is 30.4. The molecule has 0 aromatic carbocycles. The number of thioether (sulfide) groups is 1. The molecule has 0 aliphatic carbocycles. The number of aliphatic hydroxyl groups is 1. The van der Waals surface area contributed by atoms with E-state index in [0.717, 1.165) is 0 Å². The van der Waals surface area contributed by atoms with Crippen molar-refractivity contribution in [3.05, 3.63) is 18.2 Å². The van der Waals surface area contributed by atoms with Crippen LogP contribution in [0.1, 0.15) is 38.3 Å². The molecular formula is C21H37N7O6S. The number of carbonyl (C=O) groups is 4. The molecule has 0 bridgehead atoms. The highest BCUT2D eigenvalue weighted by molar-refractivity contribution is 7.98. The van der Waals surface area contributed by atoms with Crippen LogP contribution in [-0.4, -0.2) is 92.7 Å². The fourth-order valence-corrected chi connectivity index (χ4v) is 3.58. The number of carboxylic acid groups (broad SMARTS) is 1. The van der Waals surface area contributed by atoms with Gasteiger partial charge in [0.1, 0.15) is 24.2 Å². The number of aromatic amines is 1. The number of aliphatic carboxylic acids is 1. The van der Waals surface area contributed by atoms with Crippen LogP contribution in [0.25, 0.3) is 0 Å². The first-order chi connectivity index (χ1) is 16.6. The fraction of sp³-hybridized carbons (Fsp3) is 0.667. The first-order valence-electron chi connectivity index (χ1n) is 11.3. The number of carboxylic acids is 1. The minimum Gasteiger partial charge on any atom is -0.480 e. The van der Waals surface area contributed by atoms with E-state index in [0.29, 0.717) is 30.8 Å². The number of imidazole rings is 1. The molecule has 1 rings (SSSR count). The Hall–Kier alpha value is -2.68. The summed E-state index contributed by atoms with van der Waals surface area (Å²) < 4.78 is 0. The van der Waals surface area contributed by atoms with E-state index >= 15 is 0 Å². The molecule has 10 N–H and O–H groups in total. The SMILES string of the molecule is CSCCC(NC(=O)C(Cc1cnc[nH]1)NC(=O)C(N)C(C)O)C(=O)NC(CCCCN)C(=O)O. The first-order valence-corrected chi connectivity index (χ1v) is 12.7. The number of nitrogens with two attached hydrogens (primary N) is 2. The van der Waals surface area contributed by atoms with Crippen LogP contribution in [0.2, 0.25) is 0 Å². The molecule has 0 saturated carbocycles. The van der Waals surface area contributed by atoms with Gasteiger partial charge in [0.05, 0.1) is 12.4 Å². The Morgan fingerprint density at radius 2 is 1.69 bits per heavy atom. The molecular weight excluding hydrogens is 478 g/mol. The zero-order chi connectivity index (χ0) is 26.4. The summed E-state index contributed by atoms with van der Waals surface area (Å²) in [7, 11) is 0. The van der Waals surface area contributed by atoms with Gasteiger partial charge in [-0.05, 0) is 51.2 Å². The average Bonchev–Trinajstić information content (AvgIpc) is 3.32. The summed E-state index contributed by atoms with van der Waals surface area (Å²) in [4.78, 5) is 56.8. The van der Waals surface area contributed by atoms with Crippen LogP contribution in [-0.2, 0) is 25.6 Å². The molecule has 13 nitrogen and oxygen atoms in total. The van der Waals surface area contributed by atoms with Gasteiger partial charge in [0.15, 0.2) is 0 Å². The summed E-state index contributed by atoms with van der Waals surface area (Å²) >= 11 is 1.46. The van der Waals surface area contributed by atoms with Gasteiger partial charge < -0.3 is 42.6 Å². The largest absolute Gasteiger partial charge is 0.480 e. The number of aromatic nitrogens is 2. The van der Waals surface area contributed by atoms with E-state index in [1.54, 1.807) is 0 Å². The van der Waals surface area contributed by atoms with E-state index in [-0.39, 0.29) is 19.3 Å². The lowest BCUT2D eigenvalue weighted by molar-refractivity contribution is -0.142. The Bertz CT molecular complexity index is 808. The minimum atomic E-state index is -1.26. The molecule has 0 aliphatic rings. The zero-order valence-electron chi connectivity index (χ0n) is 20.0. The Labute approximate surface area is 208 Å². The fourth-order valence-electron chi connectivity index (χ4n) is 3.11. The number of hydrogen-bond acceptors (Lipinski definition) is 9. The van der Waals surface area contributed by atoms with Crippen molar-refractivity contribution in [2.24, 2.45) is 11.5 Å². The van der Waals surface area contributed by atoms with Gasteiger partial charge >= 0.3 is 5.97 Å². The van der Waals surface area contributed by atoms with Gasteiger partial charge in [0, 0.05) is 18.3 Å². The molecule has 0 fully saturated rings. The zero-order valence-corrected chi connectivity index (χ0v) is 20.8. The number of unbranched alkanes of at least 4 members (excludes halogenated alkanes) is 1. The van der Waals surface area contributed by atoms with Crippen molar-refractivity contribution in [2.45, 2.75) is 69.3 Å². The predicted octanol–water partition coefficient (Wildman–Crippen LogP) is -1.92. The average molecular weight is 516 g/mol. The Morgan fingerprint density at radius 3 is 2.23 bits per heavy atom. The molecule has 5 unspecified atom stereocenters. The lowest BCUT2D eigenvalue weighted by Crippen LogP contribution is -2.58. The number of nitrogens with one attached hydrogen (secondary N) is 4. The molecule has 1 heterocycles. The third-order valence-corrected chi connectivity index (χ3v) is 5.88. The summed E-state index contributed by atoms with van der Waals surface area (Å²) in [5.41, 5.74) is 11.7. The summed E-state index contributed by atoms with van der Waals surface area (Å²) in [6, 6.07) is -4.53. The van der Waals surface area contributed by atoms with Gasteiger partial charge in [-0.2, -0.15) is 11.8 Å². The van der Waals surface area contributed by atoms with E-state index in [1.807, 2.05) is 6.26 Å². The number of nitrogens with zero attached hydrogens (tertiary/aromatic N) is 1. The van der Waals surface area contributed by atoms with Crippen molar-refractivity contribution in [3.8, 4) is 0 Å². The van der Waals surface area contributed by atoms with Crippen LogP contribution in [0.15, 0.2) is 12.5 Å². The van der Waals surface area contributed by atoms with E-state index in [9.17, 15) is 29.4 Å². The summed E-state index contributed by atoms with van der Waals surface area (Å²) in [6.45, 7) is 1.76. The topological polar surface area (TPSA) is 226 Å². The Morgan fingerprint density at radius 1 is 1.06 bits per heavy atom. The van der Waals surface area contributed by atoms with Gasteiger partial charge in [-0.3, -0.25) is 14.4 Å². The van der Waals surface area contributed by atoms with Crippen LogP contribution >= 0.6 is 11.8 Å². The maximum Gasteiger partial charge on any atom is 0.326 e. The molecule has 14 heteroatoms. The van der Waals surface area contributed by atoms with Gasteiger partial charge in [0.2, 0.25) is 17.7 Å². The van der Waals surface area contributed by atoms with Crippen molar-refractivity contribution < 1.29 is 29.4 Å². The lowest BCUT2D eigenvalue weighted by atomic mass is 10.1. The van der Waals surface area contributed by atoms with Crippen LogP contribution < -0.4 is 27.4 Å². The van der Waals surface area contributed by atoms with Crippen LogP contribution in [0.4, 0.5) is 0 Å². The number of aliphatic hydroxyl groups excluding tert-OH is 1. The highest BCUT2D eigenvalue weighted by Gasteiger charge is 2.31. The van der Waals surface area contributed by atoms with Crippen molar-refractivity contribution in [1.82, 2.24) is 25.9 Å². The molecule has 0 aliphatic heterocycles. The van der Waals surface area contributed by atoms with Crippen molar-refractivity contribution in [3.63, 3.8) is 0 Å². The second-order valence-corrected chi connectivity index (χ2v) is 9.12. The van der Waals surface area contributed by atoms with Crippen LogP contribution in [0.5, 0.6) is 0 Å². The molecule has 3 amide bonds. The second-order valence-electron chi connectivity index (χ2n) is 8.14. The summed E-state index contributed by atoms with van der Waals surface area (Å²) in [5, 5.41) is 26.7. The standard InChI is InChI=1S/C21H37N7O6S/c1-12(29)17(23)20(32)28-16(9-13-10-24-11-25-13)19(31)26-14(6-8-35-2)18(30)27-15(21(33)34)5-3-4-7-22/h10-12,14-17,29H,3-9,22-23H2,1-2H3,(H,24,25)(H,26,31)(H,27,30)(H,28,32)(H,33,34). The molecule has 1 aromatic rings. The number of rotatable bonds is 17. The lowest BCUT2D eigenvalue weighted by Gasteiger charge is -2.25. The Balaban J connectivity index is 2.99. The van der Waals surface area contributed by atoms with E-state index in [4.69, 9.17) is 11.5 Å². The third-order valence-electron chi connectivity index (χ3n) is 5.24. The quantitative estimate of drug-likeness (QED) is 0.107. The maximum absolute atomic E-state index is 13.1. The molecule has 198 valence electrons. The molecule has 0 spiro atoms. The normalized spacial score (nSPS) is 15.3. The highest BCUT2D eigenvalue weighted by Crippen LogP contribution is 2.07. The minimum absolute atomic E-state index is 0.0256. The molecule has 1 aromatic heterocycles. The molecule has 35 heavy (non-hydrogen) atoms. The maximum atomic E-state index is 13.1. The molecule has 0 radical (unpaired) electrons. The van der Waals surface area contributed by atoms with Gasteiger partial charge in [-0.15, -0.1) is 0 Å². The third kappa shape index (κ3) is 11.1. The van der Waals surface area contributed by atoms with Crippen molar-refractivity contribution >= 4 is 35.5 Å². The highest BCUT2D eigenvalue weighted by atomic mass is 32.2. The number of hydrogen-bond donors (Lipinski definition) is 8. The Kier molecular flexibility index (Phi) is 13.9. The predicted molar refractivity (Wildman–Crippen MR) is 131 cm³/mol. The summed E-state index contributed by atoms with van der Waals surface area (Å²) in [5.74, 6) is -2.70.